The Bertz CT molecular complexity index is 354. The van der Waals surface area contributed by atoms with Crippen LogP contribution in [-0.2, 0) is 5.41 Å². The molecule has 0 aliphatic heterocycles. The molecule has 0 aliphatic rings. The van der Waals surface area contributed by atoms with Gasteiger partial charge in [-0.1, -0.05) is 39.7 Å². The summed E-state index contributed by atoms with van der Waals surface area (Å²) < 4.78 is 13.8. The van der Waals surface area contributed by atoms with Crippen molar-refractivity contribution in [3.63, 3.8) is 0 Å². The molecule has 0 saturated heterocycles. The highest BCUT2D eigenvalue weighted by molar-refractivity contribution is 9.09. The van der Waals surface area contributed by atoms with Gasteiger partial charge >= 0.3 is 0 Å². The molecule has 1 aromatic rings. The van der Waals surface area contributed by atoms with E-state index in [2.05, 4.69) is 15.9 Å². The van der Waals surface area contributed by atoms with Gasteiger partial charge in [0, 0.05) is 15.8 Å². The minimum atomic E-state index is -0.599. The largest absolute Gasteiger partial charge is 0.211 e. The summed E-state index contributed by atoms with van der Waals surface area (Å²) in [6.07, 6.45) is 1.54. The second-order valence-electron chi connectivity index (χ2n) is 3.84. The normalized spacial score (nSPS) is 13.0. The van der Waals surface area contributed by atoms with Crippen molar-refractivity contribution in [2.45, 2.75) is 19.3 Å². The third-order valence-electron chi connectivity index (χ3n) is 2.42. The summed E-state index contributed by atoms with van der Waals surface area (Å²) in [7, 11) is 0. The fraction of sp³-hybridized carbons (Fsp3) is 0.333. The van der Waals surface area contributed by atoms with Crippen LogP contribution >= 0.6 is 27.5 Å². The molecular weight excluding hydrogens is 278 g/mol. The van der Waals surface area contributed by atoms with Gasteiger partial charge in [0.05, 0.1) is 0 Å². The fourth-order valence-corrected chi connectivity index (χ4v) is 1.74. The number of halogens is 3. The van der Waals surface area contributed by atoms with Gasteiger partial charge in [-0.3, -0.25) is 0 Å². The topological polar surface area (TPSA) is 0 Å². The Morgan fingerprint density at radius 1 is 1.40 bits per heavy atom. The molecule has 0 unspecified atom stereocenters. The first-order valence-corrected chi connectivity index (χ1v) is 6.16. The van der Waals surface area contributed by atoms with Crippen molar-refractivity contribution in [2.24, 2.45) is 0 Å². The molecule has 0 fully saturated rings. The zero-order chi connectivity index (χ0) is 11.5. The molecule has 0 N–H and O–H groups in total. The van der Waals surface area contributed by atoms with Gasteiger partial charge in [-0.2, -0.15) is 0 Å². The van der Waals surface area contributed by atoms with Crippen molar-refractivity contribution in [1.82, 2.24) is 0 Å². The van der Waals surface area contributed by atoms with E-state index in [9.17, 15) is 4.39 Å². The predicted molar refractivity (Wildman–Crippen MR) is 67.5 cm³/mol. The predicted octanol–water partition coefficient (Wildman–Crippen LogP) is 4.87. The molecule has 3 heteroatoms. The molecule has 0 heterocycles. The summed E-state index contributed by atoms with van der Waals surface area (Å²) >= 11 is 8.98. The number of alkyl halides is 1. The molecule has 0 aliphatic carbocycles. The Morgan fingerprint density at radius 3 is 2.40 bits per heavy atom. The lowest BCUT2D eigenvalue weighted by Crippen LogP contribution is -2.18. The molecule has 0 bridgehead atoms. The molecule has 1 rings (SSSR count). The maximum Gasteiger partial charge on any atom is 0.107 e. The van der Waals surface area contributed by atoms with Crippen molar-refractivity contribution < 1.29 is 4.39 Å². The van der Waals surface area contributed by atoms with E-state index in [1.165, 1.54) is 6.08 Å². The molecule has 15 heavy (non-hydrogen) atoms. The Morgan fingerprint density at radius 2 is 1.93 bits per heavy atom. The van der Waals surface area contributed by atoms with Crippen molar-refractivity contribution in [1.29, 1.82) is 0 Å². The number of allylic oxidation sites excluding steroid dienone is 2. The van der Waals surface area contributed by atoms with Crippen LogP contribution in [0, 0.1) is 0 Å². The van der Waals surface area contributed by atoms with Crippen LogP contribution in [-0.4, -0.2) is 5.33 Å². The van der Waals surface area contributed by atoms with Crippen LogP contribution in [0.15, 0.2) is 36.2 Å². The molecule has 0 nitrogen and oxygen atoms in total. The maximum atomic E-state index is 13.8. The van der Waals surface area contributed by atoms with Gasteiger partial charge in [-0.15, -0.1) is 0 Å². The van der Waals surface area contributed by atoms with Crippen LogP contribution in [0.25, 0.3) is 0 Å². The van der Waals surface area contributed by atoms with E-state index in [0.29, 0.717) is 10.4 Å². The molecule has 0 aromatic heterocycles. The molecule has 1 aromatic carbocycles. The highest BCUT2D eigenvalue weighted by Gasteiger charge is 2.25. The molecular formula is C12H13BrClF. The van der Waals surface area contributed by atoms with Gasteiger partial charge in [0.15, 0.2) is 0 Å². The van der Waals surface area contributed by atoms with Crippen LogP contribution in [0.1, 0.15) is 19.4 Å². The molecule has 0 spiro atoms. The first kappa shape index (κ1) is 12.7. The van der Waals surface area contributed by atoms with E-state index >= 15 is 0 Å². The fourth-order valence-electron chi connectivity index (χ4n) is 1.33. The molecule has 82 valence electrons. The van der Waals surface area contributed by atoms with Gasteiger partial charge < -0.3 is 0 Å². The van der Waals surface area contributed by atoms with Gasteiger partial charge in [0.2, 0.25) is 0 Å². The molecule has 0 amide bonds. The van der Waals surface area contributed by atoms with Crippen LogP contribution in [0.5, 0.6) is 0 Å². The quantitative estimate of drug-likeness (QED) is 0.697. The summed E-state index contributed by atoms with van der Waals surface area (Å²) in [6, 6.07) is 7.26. The maximum absolute atomic E-state index is 13.8. The summed E-state index contributed by atoms with van der Waals surface area (Å²) in [5.41, 5.74) is 0.319. The molecule has 0 atom stereocenters. The smallest absolute Gasteiger partial charge is 0.107 e. The second kappa shape index (κ2) is 5.13. The van der Waals surface area contributed by atoms with E-state index < -0.39 is 5.41 Å². The minimum absolute atomic E-state index is 0.137. The van der Waals surface area contributed by atoms with Gasteiger partial charge in [0.25, 0.3) is 0 Å². The van der Waals surface area contributed by atoms with Gasteiger partial charge in [0.1, 0.15) is 5.83 Å². The number of hydrogen-bond donors (Lipinski definition) is 0. The zero-order valence-electron chi connectivity index (χ0n) is 8.73. The molecule has 0 radical (unpaired) electrons. The minimum Gasteiger partial charge on any atom is -0.211 e. The van der Waals surface area contributed by atoms with E-state index in [0.717, 1.165) is 5.56 Å². The Balaban J connectivity index is 3.05. The highest BCUT2D eigenvalue weighted by atomic mass is 79.9. The van der Waals surface area contributed by atoms with E-state index in [-0.39, 0.29) is 5.83 Å². The summed E-state index contributed by atoms with van der Waals surface area (Å²) in [5, 5.41) is 1.19. The zero-order valence-corrected chi connectivity index (χ0v) is 11.1. The third kappa shape index (κ3) is 3.05. The van der Waals surface area contributed by atoms with Crippen LogP contribution in [0.4, 0.5) is 4.39 Å². The Hall–Kier alpha value is -0.340. The number of rotatable bonds is 3. The van der Waals surface area contributed by atoms with Crippen molar-refractivity contribution in [2.75, 3.05) is 5.33 Å². The van der Waals surface area contributed by atoms with Crippen molar-refractivity contribution >= 4 is 27.5 Å². The number of benzene rings is 1. The SMILES string of the molecule is CC(C)(/C(F)=C/CBr)c1ccc(Cl)cc1. The molecule has 0 saturated carbocycles. The highest BCUT2D eigenvalue weighted by Crippen LogP contribution is 2.32. The lowest BCUT2D eigenvalue weighted by molar-refractivity contribution is 0.456. The van der Waals surface area contributed by atoms with Gasteiger partial charge in [-0.05, 0) is 37.6 Å². The third-order valence-corrected chi connectivity index (χ3v) is 3.00. The van der Waals surface area contributed by atoms with E-state index in [4.69, 9.17) is 11.6 Å². The number of hydrogen-bond acceptors (Lipinski definition) is 0. The van der Waals surface area contributed by atoms with Crippen LogP contribution < -0.4 is 0 Å². The average molecular weight is 292 g/mol. The van der Waals surface area contributed by atoms with Crippen LogP contribution in [0.3, 0.4) is 0 Å². The summed E-state index contributed by atoms with van der Waals surface area (Å²) in [6.45, 7) is 3.70. The van der Waals surface area contributed by atoms with Crippen molar-refractivity contribution in [3.05, 3.63) is 46.8 Å². The average Bonchev–Trinajstić information content (AvgIpc) is 2.18. The van der Waals surface area contributed by atoms with E-state index in [1.807, 2.05) is 26.0 Å². The lowest BCUT2D eigenvalue weighted by Gasteiger charge is -2.23. The summed E-state index contributed by atoms with van der Waals surface area (Å²) in [5.74, 6) is -0.137. The first-order valence-electron chi connectivity index (χ1n) is 4.66. The Labute approximate surface area is 103 Å². The van der Waals surface area contributed by atoms with Crippen LogP contribution in [0.2, 0.25) is 5.02 Å². The second-order valence-corrected chi connectivity index (χ2v) is 4.92. The summed E-state index contributed by atoms with van der Waals surface area (Å²) in [4.78, 5) is 0. The monoisotopic (exact) mass is 290 g/mol. The standard InChI is InChI=1S/C12H13BrClF/c1-12(2,11(15)7-8-13)9-3-5-10(14)6-4-9/h3-7H,8H2,1-2H3/b11-7-. The lowest BCUT2D eigenvalue weighted by atomic mass is 9.83. The first-order chi connectivity index (χ1) is 6.98. The van der Waals surface area contributed by atoms with E-state index in [1.54, 1.807) is 12.1 Å². The van der Waals surface area contributed by atoms with Gasteiger partial charge in [-0.25, -0.2) is 4.39 Å². The Kier molecular flexibility index (Phi) is 4.35. The van der Waals surface area contributed by atoms with Crippen molar-refractivity contribution in [3.8, 4) is 0 Å².